The molecule has 3 nitrogen and oxygen atoms in total. The van der Waals surface area contributed by atoms with Gasteiger partial charge >= 0.3 is 0 Å². The van der Waals surface area contributed by atoms with Crippen LogP contribution >= 0.6 is 0 Å². The van der Waals surface area contributed by atoms with Crippen LogP contribution in [0.15, 0.2) is 18.2 Å². The third-order valence-corrected chi connectivity index (χ3v) is 2.01. The third kappa shape index (κ3) is 2.21. The molecule has 0 bridgehead atoms. The molecule has 0 unspecified atom stereocenters. The highest BCUT2D eigenvalue weighted by molar-refractivity contribution is 5.36. The standard InChI is InChI=1S/C10H14FNO2/c1-6(12)10(13)8-4-3-7(11)5-9(8)14-2/h3-6,10,13H,12H2,1-2H3/t6-,10-/m0/s1. The van der Waals surface area contributed by atoms with Gasteiger partial charge < -0.3 is 15.6 Å². The first kappa shape index (κ1) is 10.9. The normalized spacial score (nSPS) is 14.9. The Hall–Kier alpha value is -1.13. The van der Waals surface area contributed by atoms with Crippen molar-refractivity contribution < 1.29 is 14.2 Å². The number of aliphatic hydroxyl groups is 1. The maximum absolute atomic E-state index is 12.8. The molecule has 0 aromatic heterocycles. The lowest BCUT2D eigenvalue weighted by Gasteiger charge is -2.17. The molecule has 1 aromatic rings. The average Bonchev–Trinajstić information content (AvgIpc) is 2.16. The summed E-state index contributed by atoms with van der Waals surface area (Å²) in [7, 11) is 1.42. The molecule has 0 spiro atoms. The van der Waals surface area contributed by atoms with E-state index in [9.17, 15) is 9.50 Å². The smallest absolute Gasteiger partial charge is 0.127 e. The van der Waals surface area contributed by atoms with E-state index in [1.165, 1.54) is 25.3 Å². The monoisotopic (exact) mass is 199 g/mol. The van der Waals surface area contributed by atoms with Crippen molar-refractivity contribution in [2.24, 2.45) is 5.73 Å². The molecule has 0 aliphatic carbocycles. The lowest BCUT2D eigenvalue weighted by molar-refractivity contribution is 0.149. The van der Waals surface area contributed by atoms with Crippen molar-refractivity contribution in [1.29, 1.82) is 0 Å². The second-order valence-electron chi connectivity index (χ2n) is 3.19. The zero-order chi connectivity index (χ0) is 10.7. The minimum atomic E-state index is -0.842. The van der Waals surface area contributed by atoms with E-state index in [0.29, 0.717) is 11.3 Å². The summed E-state index contributed by atoms with van der Waals surface area (Å²) in [4.78, 5) is 0. The molecule has 0 aliphatic rings. The number of halogens is 1. The van der Waals surface area contributed by atoms with Gasteiger partial charge in [0.2, 0.25) is 0 Å². The summed E-state index contributed by atoms with van der Waals surface area (Å²) in [6, 6.07) is 3.54. The van der Waals surface area contributed by atoms with E-state index >= 15 is 0 Å². The van der Waals surface area contributed by atoms with Gasteiger partial charge in [0.15, 0.2) is 0 Å². The number of hydrogen-bond acceptors (Lipinski definition) is 3. The molecule has 0 fully saturated rings. The highest BCUT2D eigenvalue weighted by atomic mass is 19.1. The first-order valence-electron chi connectivity index (χ1n) is 4.33. The van der Waals surface area contributed by atoms with E-state index in [0.717, 1.165) is 0 Å². The van der Waals surface area contributed by atoms with Crippen molar-refractivity contribution in [1.82, 2.24) is 0 Å². The Labute approximate surface area is 82.3 Å². The van der Waals surface area contributed by atoms with Crippen molar-refractivity contribution in [2.45, 2.75) is 19.1 Å². The van der Waals surface area contributed by atoms with Gasteiger partial charge in [0.05, 0.1) is 13.2 Å². The summed E-state index contributed by atoms with van der Waals surface area (Å²) in [6.45, 7) is 1.67. The van der Waals surface area contributed by atoms with E-state index in [2.05, 4.69) is 0 Å². The lowest BCUT2D eigenvalue weighted by Crippen LogP contribution is -2.24. The zero-order valence-corrected chi connectivity index (χ0v) is 8.20. The fourth-order valence-electron chi connectivity index (χ4n) is 1.21. The summed E-state index contributed by atoms with van der Waals surface area (Å²) in [5.74, 6) is -0.0859. The van der Waals surface area contributed by atoms with Gasteiger partial charge in [-0.1, -0.05) is 0 Å². The second-order valence-corrected chi connectivity index (χ2v) is 3.19. The Morgan fingerprint density at radius 2 is 2.14 bits per heavy atom. The van der Waals surface area contributed by atoms with Gasteiger partial charge in [0.1, 0.15) is 11.6 Å². The van der Waals surface area contributed by atoms with Crippen LogP contribution in [0.1, 0.15) is 18.6 Å². The quantitative estimate of drug-likeness (QED) is 0.769. The number of aliphatic hydroxyl groups excluding tert-OH is 1. The molecule has 4 heteroatoms. The van der Waals surface area contributed by atoms with Gasteiger partial charge in [-0.2, -0.15) is 0 Å². The van der Waals surface area contributed by atoms with E-state index in [-0.39, 0.29) is 0 Å². The molecule has 0 saturated carbocycles. The van der Waals surface area contributed by atoms with Gasteiger partial charge in [-0.25, -0.2) is 4.39 Å². The van der Waals surface area contributed by atoms with Gasteiger partial charge in [-0.05, 0) is 19.1 Å². The number of hydrogen-bond donors (Lipinski definition) is 2. The van der Waals surface area contributed by atoms with Crippen LogP contribution in [-0.4, -0.2) is 18.3 Å². The number of nitrogens with two attached hydrogens (primary N) is 1. The van der Waals surface area contributed by atoms with Crippen molar-refractivity contribution in [2.75, 3.05) is 7.11 Å². The summed E-state index contributed by atoms with van der Waals surface area (Å²) in [5.41, 5.74) is 6.03. The molecule has 1 aromatic carbocycles. The highest BCUT2D eigenvalue weighted by Crippen LogP contribution is 2.27. The van der Waals surface area contributed by atoms with Crippen LogP contribution in [0.4, 0.5) is 4.39 Å². The summed E-state index contributed by atoms with van der Waals surface area (Å²) in [6.07, 6.45) is -0.842. The fourth-order valence-corrected chi connectivity index (χ4v) is 1.21. The van der Waals surface area contributed by atoms with Crippen LogP contribution < -0.4 is 10.5 Å². The lowest BCUT2D eigenvalue weighted by atomic mass is 10.0. The molecular formula is C10H14FNO2. The van der Waals surface area contributed by atoms with Gasteiger partial charge in [0, 0.05) is 17.7 Å². The molecule has 0 saturated heterocycles. The molecule has 14 heavy (non-hydrogen) atoms. The van der Waals surface area contributed by atoms with E-state index < -0.39 is 18.0 Å². The van der Waals surface area contributed by atoms with E-state index in [4.69, 9.17) is 10.5 Å². The molecule has 2 atom stereocenters. The molecule has 0 aliphatic heterocycles. The maximum atomic E-state index is 12.8. The third-order valence-electron chi connectivity index (χ3n) is 2.01. The second kappa shape index (κ2) is 4.39. The molecule has 0 amide bonds. The number of ether oxygens (including phenoxy) is 1. The predicted octanol–water partition coefficient (Wildman–Crippen LogP) is 1.21. The van der Waals surface area contributed by atoms with Gasteiger partial charge in [-0.15, -0.1) is 0 Å². The summed E-state index contributed by atoms with van der Waals surface area (Å²) < 4.78 is 17.7. The number of benzene rings is 1. The van der Waals surface area contributed by atoms with Crippen molar-refractivity contribution in [3.8, 4) is 5.75 Å². The fraction of sp³-hybridized carbons (Fsp3) is 0.400. The van der Waals surface area contributed by atoms with Crippen LogP contribution in [0, 0.1) is 5.82 Å². The van der Waals surface area contributed by atoms with Crippen molar-refractivity contribution >= 4 is 0 Å². The minimum absolute atomic E-state index is 0.315. The van der Waals surface area contributed by atoms with Crippen LogP contribution in [0.2, 0.25) is 0 Å². The predicted molar refractivity (Wildman–Crippen MR) is 51.6 cm³/mol. The molecule has 0 radical (unpaired) electrons. The van der Waals surface area contributed by atoms with Crippen LogP contribution in [0.5, 0.6) is 5.75 Å². The molecule has 1 rings (SSSR count). The van der Waals surface area contributed by atoms with Crippen molar-refractivity contribution in [3.05, 3.63) is 29.6 Å². The van der Waals surface area contributed by atoms with E-state index in [1.807, 2.05) is 0 Å². The average molecular weight is 199 g/mol. The first-order valence-corrected chi connectivity index (χ1v) is 4.33. The van der Waals surface area contributed by atoms with Crippen LogP contribution in [0.25, 0.3) is 0 Å². The summed E-state index contributed by atoms with van der Waals surface area (Å²) >= 11 is 0. The van der Waals surface area contributed by atoms with Crippen LogP contribution in [-0.2, 0) is 0 Å². The zero-order valence-electron chi connectivity index (χ0n) is 8.20. The Bertz CT molecular complexity index is 315. The largest absolute Gasteiger partial charge is 0.496 e. The van der Waals surface area contributed by atoms with Crippen LogP contribution in [0.3, 0.4) is 0 Å². The van der Waals surface area contributed by atoms with Gasteiger partial charge in [0.25, 0.3) is 0 Å². The SMILES string of the molecule is COc1cc(F)ccc1[C@@H](O)[C@H](C)N. The Kier molecular flexibility index (Phi) is 3.43. The van der Waals surface area contributed by atoms with Gasteiger partial charge in [-0.3, -0.25) is 0 Å². The molecule has 0 heterocycles. The number of methoxy groups -OCH3 is 1. The Balaban J connectivity index is 3.07. The number of rotatable bonds is 3. The molecule has 78 valence electrons. The topological polar surface area (TPSA) is 55.5 Å². The highest BCUT2D eigenvalue weighted by Gasteiger charge is 2.17. The van der Waals surface area contributed by atoms with Crippen molar-refractivity contribution in [3.63, 3.8) is 0 Å². The Morgan fingerprint density at radius 1 is 1.50 bits per heavy atom. The first-order chi connectivity index (χ1) is 6.56. The van der Waals surface area contributed by atoms with E-state index in [1.54, 1.807) is 6.92 Å². The molecule has 3 N–H and O–H groups in total. The summed E-state index contributed by atoms with van der Waals surface area (Å²) in [5, 5.41) is 9.67. The maximum Gasteiger partial charge on any atom is 0.127 e. The Morgan fingerprint density at radius 3 is 2.64 bits per heavy atom. The molecular weight excluding hydrogens is 185 g/mol. The minimum Gasteiger partial charge on any atom is -0.496 e.